The Morgan fingerprint density at radius 2 is 1.69 bits per heavy atom. The summed E-state index contributed by atoms with van der Waals surface area (Å²) >= 11 is 0. The molecule has 1 unspecified atom stereocenters. The number of nitrogens with zero attached hydrogens (tertiary/aromatic N) is 2. The predicted octanol–water partition coefficient (Wildman–Crippen LogP) is 4.46. The number of aryl methyl sites for hydroxylation is 2. The molecule has 1 atom stereocenters. The zero-order valence-corrected chi connectivity index (χ0v) is 22.0. The molecule has 0 bridgehead atoms. The van der Waals surface area contributed by atoms with Gasteiger partial charge in [0, 0.05) is 45.5 Å². The third kappa shape index (κ3) is 5.53. The number of anilines is 1. The van der Waals surface area contributed by atoms with E-state index in [1.807, 2.05) is 21.0 Å². The highest BCUT2D eigenvalue weighted by molar-refractivity contribution is 7.89. The monoisotopic (exact) mass is 493 g/mol. The van der Waals surface area contributed by atoms with E-state index in [0.29, 0.717) is 16.2 Å². The molecule has 1 aliphatic rings. The van der Waals surface area contributed by atoms with Gasteiger partial charge in [-0.2, -0.15) is 0 Å². The minimum atomic E-state index is -3.70. The Labute approximate surface area is 209 Å². The summed E-state index contributed by atoms with van der Waals surface area (Å²) in [4.78, 5) is 4.73. The van der Waals surface area contributed by atoms with Gasteiger partial charge in [-0.3, -0.25) is 4.90 Å². The van der Waals surface area contributed by atoms with Crippen LogP contribution in [0.5, 0.6) is 5.75 Å². The van der Waals surface area contributed by atoms with Crippen molar-refractivity contribution in [1.29, 1.82) is 0 Å². The molecule has 186 valence electrons. The molecule has 1 N–H and O–H groups in total. The SMILES string of the molecule is COc1cc(C)c(S(=O)(=O)NCC(c2ccc(N(C)C)cc2)N2CCc3ccccc3C2)cc1C. The summed E-state index contributed by atoms with van der Waals surface area (Å²) in [5.74, 6) is 0.687. The van der Waals surface area contributed by atoms with Gasteiger partial charge >= 0.3 is 0 Å². The molecule has 3 aromatic rings. The van der Waals surface area contributed by atoms with E-state index >= 15 is 0 Å². The summed E-state index contributed by atoms with van der Waals surface area (Å²) in [6.45, 7) is 5.61. The van der Waals surface area contributed by atoms with Crippen molar-refractivity contribution in [2.75, 3.05) is 39.2 Å². The van der Waals surface area contributed by atoms with E-state index in [4.69, 9.17) is 4.74 Å². The van der Waals surface area contributed by atoms with E-state index in [1.54, 1.807) is 26.2 Å². The molecule has 0 fully saturated rings. The van der Waals surface area contributed by atoms with Crippen molar-refractivity contribution in [3.63, 3.8) is 0 Å². The molecule has 0 saturated carbocycles. The lowest BCUT2D eigenvalue weighted by molar-refractivity contribution is 0.180. The van der Waals surface area contributed by atoms with Gasteiger partial charge in [-0.15, -0.1) is 0 Å². The Balaban J connectivity index is 1.62. The van der Waals surface area contributed by atoms with E-state index in [1.165, 1.54) is 11.1 Å². The molecule has 1 heterocycles. The van der Waals surface area contributed by atoms with Crippen LogP contribution in [-0.2, 0) is 23.0 Å². The van der Waals surface area contributed by atoms with Gasteiger partial charge in [0.05, 0.1) is 12.0 Å². The van der Waals surface area contributed by atoms with Crippen molar-refractivity contribution in [3.05, 3.63) is 88.5 Å². The smallest absolute Gasteiger partial charge is 0.240 e. The number of fused-ring (bicyclic) bond motifs is 1. The van der Waals surface area contributed by atoms with Crippen molar-refractivity contribution in [2.45, 2.75) is 37.8 Å². The van der Waals surface area contributed by atoms with Crippen LogP contribution in [0.1, 0.15) is 33.9 Å². The average Bonchev–Trinajstić information content (AvgIpc) is 2.85. The van der Waals surface area contributed by atoms with E-state index in [0.717, 1.165) is 36.3 Å². The molecule has 7 heteroatoms. The number of nitrogens with one attached hydrogen (secondary N) is 1. The fraction of sp³-hybridized carbons (Fsp3) is 0.357. The molecule has 0 radical (unpaired) electrons. The molecule has 0 spiro atoms. The van der Waals surface area contributed by atoms with E-state index in [9.17, 15) is 8.42 Å². The molecule has 0 aliphatic carbocycles. The second-order valence-electron chi connectivity index (χ2n) is 9.43. The van der Waals surface area contributed by atoms with Crippen LogP contribution in [0.25, 0.3) is 0 Å². The number of sulfonamides is 1. The summed E-state index contributed by atoms with van der Waals surface area (Å²) in [6.07, 6.45) is 0.950. The number of hydrogen-bond donors (Lipinski definition) is 1. The van der Waals surface area contributed by atoms with Gasteiger partial charge < -0.3 is 9.64 Å². The Morgan fingerprint density at radius 1 is 1.00 bits per heavy atom. The molecule has 4 rings (SSSR count). The predicted molar refractivity (Wildman–Crippen MR) is 142 cm³/mol. The number of rotatable bonds is 8. The van der Waals surface area contributed by atoms with Gasteiger partial charge in [-0.05, 0) is 72.4 Å². The number of benzene rings is 3. The third-order valence-electron chi connectivity index (χ3n) is 6.84. The number of hydrogen-bond acceptors (Lipinski definition) is 5. The van der Waals surface area contributed by atoms with Crippen LogP contribution in [0.3, 0.4) is 0 Å². The van der Waals surface area contributed by atoms with Gasteiger partial charge in [0.25, 0.3) is 0 Å². The molecule has 3 aromatic carbocycles. The van der Waals surface area contributed by atoms with Crippen LogP contribution in [0, 0.1) is 13.8 Å². The first-order valence-electron chi connectivity index (χ1n) is 11.9. The second-order valence-corrected chi connectivity index (χ2v) is 11.2. The van der Waals surface area contributed by atoms with Crippen molar-refractivity contribution in [1.82, 2.24) is 9.62 Å². The van der Waals surface area contributed by atoms with Crippen LogP contribution < -0.4 is 14.4 Å². The van der Waals surface area contributed by atoms with E-state index < -0.39 is 10.0 Å². The van der Waals surface area contributed by atoms with E-state index in [-0.39, 0.29) is 12.6 Å². The lowest BCUT2D eigenvalue weighted by Gasteiger charge is -2.36. The van der Waals surface area contributed by atoms with Crippen LogP contribution in [0.2, 0.25) is 0 Å². The fourth-order valence-corrected chi connectivity index (χ4v) is 6.12. The number of ether oxygens (including phenoxy) is 1. The Kier molecular flexibility index (Phi) is 7.50. The van der Waals surface area contributed by atoms with Gasteiger partial charge in [-0.25, -0.2) is 13.1 Å². The van der Waals surface area contributed by atoms with Crippen molar-refractivity contribution >= 4 is 15.7 Å². The minimum absolute atomic E-state index is 0.0889. The summed E-state index contributed by atoms with van der Waals surface area (Å²) < 4.78 is 35.1. The highest BCUT2D eigenvalue weighted by Crippen LogP contribution is 2.30. The molecule has 35 heavy (non-hydrogen) atoms. The van der Waals surface area contributed by atoms with Gasteiger partial charge in [-0.1, -0.05) is 36.4 Å². The first-order valence-corrected chi connectivity index (χ1v) is 13.4. The molecule has 0 saturated heterocycles. The zero-order valence-electron chi connectivity index (χ0n) is 21.2. The summed E-state index contributed by atoms with van der Waals surface area (Å²) in [5, 5.41) is 0. The first kappa shape index (κ1) is 25.2. The standard InChI is InChI=1S/C28H35N3O3S/c1-20-17-28(21(2)16-27(20)34-5)35(32,33)29-18-26(23-10-12-25(13-11-23)30(3)4)31-15-14-22-8-6-7-9-24(22)19-31/h6-13,16-17,26,29H,14-15,18-19H2,1-5H3. The lowest BCUT2D eigenvalue weighted by Crippen LogP contribution is -2.40. The highest BCUT2D eigenvalue weighted by atomic mass is 32.2. The minimum Gasteiger partial charge on any atom is -0.496 e. The van der Waals surface area contributed by atoms with Crippen molar-refractivity contribution in [3.8, 4) is 5.75 Å². The van der Waals surface area contributed by atoms with Crippen LogP contribution in [-0.4, -0.2) is 47.6 Å². The molecule has 1 aliphatic heterocycles. The third-order valence-corrected chi connectivity index (χ3v) is 8.41. The van der Waals surface area contributed by atoms with Crippen LogP contribution in [0.4, 0.5) is 5.69 Å². The van der Waals surface area contributed by atoms with E-state index in [2.05, 4.69) is 63.1 Å². The summed E-state index contributed by atoms with van der Waals surface area (Å²) in [7, 11) is 1.92. The molecule has 0 amide bonds. The summed E-state index contributed by atoms with van der Waals surface area (Å²) in [6, 6.07) is 20.3. The first-order chi connectivity index (χ1) is 16.7. The van der Waals surface area contributed by atoms with Gasteiger partial charge in [0.1, 0.15) is 5.75 Å². The largest absolute Gasteiger partial charge is 0.496 e. The molecular formula is C28H35N3O3S. The Morgan fingerprint density at radius 3 is 2.34 bits per heavy atom. The Hall–Kier alpha value is -2.87. The van der Waals surface area contributed by atoms with Crippen molar-refractivity contribution in [2.24, 2.45) is 0 Å². The van der Waals surface area contributed by atoms with Crippen molar-refractivity contribution < 1.29 is 13.2 Å². The molecule has 6 nitrogen and oxygen atoms in total. The second kappa shape index (κ2) is 10.4. The maximum absolute atomic E-state index is 13.4. The summed E-state index contributed by atoms with van der Waals surface area (Å²) in [5.41, 5.74) is 6.34. The Bertz CT molecular complexity index is 1290. The molecule has 0 aromatic heterocycles. The lowest BCUT2D eigenvalue weighted by atomic mass is 9.96. The van der Waals surface area contributed by atoms with Gasteiger partial charge in [0.2, 0.25) is 10.0 Å². The molecular weight excluding hydrogens is 458 g/mol. The normalized spacial score (nSPS) is 14.9. The van der Waals surface area contributed by atoms with Gasteiger partial charge in [0.15, 0.2) is 0 Å². The highest BCUT2D eigenvalue weighted by Gasteiger charge is 2.27. The number of methoxy groups -OCH3 is 1. The quantitative estimate of drug-likeness (QED) is 0.502. The zero-order chi connectivity index (χ0) is 25.2. The van der Waals surface area contributed by atoms with Crippen LogP contribution in [0.15, 0.2) is 65.6 Å². The maximum atomic E-state index is 13.4. The maximum Gasteiger partial charge on any atom is 0.240 e. The van der Waals surface area contributed by atoms with Crippen LogP contribution >= 0.6 is 0 Å². The topological polar surface area (TPSA) is 61.9 Å². The average molecular weight is 494 g/mol. The fourth-order valence-electron chi connectivity index (χ4n) is 4.77.